The van der Waals surface area contributed by atoms with Crippen LogP contribution in [0.2, 0.25) is 10.0 Å². The number of benzene rings is 2. The van der Waals surface area contributed by atoms with Gasteiger partial charge in [0.2, 0.25) is 10.0 Å². The number of methoxy groups -OCH3 is 1. The van der Waals surface area contributed by atoms with E-state index in [0.717, 1.165) is 18.4 Å². The maximum Gasteiger partial charge on any atom is 0.308 e. The van der Waals surface area contributed by atoms with E-state index in [-0.39, 0.29) is 18.2 Å². The summed E-state index contributed by atoms with van der Waals surface area (Å²) in [5, 5.41) is 1.01. The summed E-state index contributed by atoms with van der Waals surface area (Å²) in [6.45, 7) is 4.23. The molecule has 2 aromatic rings. The van der Waals surface area contributed by atoms with Crippen LogP contribution in [-0.2, 0) is 29.1 Å². The molecule has 2 aromatic carbocycles. The summed E-state index contributed by atoms with van der Waals surface area (Å²) in [6, 6.07) is 12.7. The van der Waals surface area contributed by atoms with Crippen molar-refractivity contribution in [2.75, 3.05) is 19.4 Å². The molecule has 0 radical (unpaired) electrons. The summed E-state index contributed by atoms with van der Waals surface area (Å²) in [5.41, 5.74) is 1.42. The molecule has 0 bridgehead atoms. The van der Waals surface area contributed by atoms with Crippen LogP contribution >= 0.6 is 23.2 Å². The average Bonchev–Trinajstić information content (AvgIpc) is 3.35. The van der Waals surface area contributed by atoms with Gasteiger partial charge in [-0.2, -0.15) is 4.31 Å². The number of carbonyl (C=O) groups is 2. The van der Waals surface area contributed by atoms with E-state index in [1.807, 2.05) is 19.9 Å². The first-order valence-corrected chi connectivity index (χ1v) is 15.5. The third-order valence-corrected chi connectivity index (χ3v) is 10.1. The van der Waals surface area contributed by atoms with Crippen molar-refractivity contribution in [2.45, 2.75) is 69.9 Å². The zero-order valence-corrected chi connectivity index (χ0v) is 24.6. The zero-order valence-electron chi connectivity index (χ0n) is 22.3. The summed E-state index contributed by atoms with van der Waals surface area (Å²) >= 11 is 12.5. The molecule has 1 unspecified atom stereocenters. The third kappa shape index (κ3) is 6.60. The van der Waals surface area contributed by atoms with Gasteiger partial charge in [-0.3, -0.25) is 9.59 Å². The van der Waals surface area contributed by atoms with E-state index in [2.05, 4.69) is 0 Å². The number of rotatable bonds is 9. The molecule has 1 amide bonds. The Kier molecular flexibility index (Phi) is 9.60. The fourth-order valence-electron chi connectivity index (χ4n) is 5.53. The van der Waals surface area contributed by atoms with Gasteiger partial charge in [0.1, 0.15) is 12.2 Å². The Morgan fingerprint density at radius 1 is 1.13 bits per heavy atom. The number of hydrogen-bond donors (Lipinski definition) is 0. The zero-order chi connectivity index (χ0) is 28.3. The number of hydrogen-bond acceptors (Lipinski definition) is 6. The van der Waals surface area contributed by atoms with Gasteiger partial charge in [-0.1, -0.05) is 54.4 Å². The Balaban J connectivity index is 1.83. The molecule has 2 aliphatic heterocycles. The van der Waals surface area contributed by atoms with Crippen LogP contribution in [0.3, 0.4) is 0 Å². The number of amides is 1. The summed E-state index contributed by atoms with van der Waals surface area (Å²) < 4.78 is 39.9. The highest BCUT2D eigenvalue weighted by atomic mass is 35.5. The second kappa shape index (κ2) is 12.6. The number of esters is 1. The largest absolute Gasteiger partial charge is 0.469 e. The first-order valence-electron chi connectivity index (χ1n) is 13.1. The van der Waals surface area contributed by atoms with Gasteiger partial charge in [0.15, 0.2) is 0 Å². The van der Waals surface area contributed by atoms with E-state index >= 15 is 0 Å². The highest BCUT2D eigenvalue weighted by Crippen LogP contribution is 2.45. The van der Waals surface area contributed by atoms with Crippen LogP contribution in [0, 0.1) is 0 Å². The summed E-state index contributed by atoms with van der Waals surface area (Å²) in [6.07, 6.45) is -0.212. The Labute approximate surface area is 240 Å². The standard InChI is InChI=1S/C28H34Cl2N2O6S/c1-4-23(17-39(35,36)31-14-6-7-18(31)2)32-26(19-10-12-21(29)13-11-19)27(20-8-5-9-22(30)15-20)38-24(28(32)34)16-25(33)37-3/h5,8-13,15,18,23-24,26-27H,4,6-7,14,16-17H2,1-3H3/t18-,23-,24-,26?,27+/m0/s1. The highest BCUT2D eigenvalue weighted by Gasteiger charge is 2.48. The molecule has 2 aliphatic rings. The van der Waals surface area contributed by atoms with Gasteiger partial charge in [0, 0.05) is 28.7 Å². The van der Waals surface area contributed by atoms with Crippen LogP contribution in [0.25, 0.3) is 0 Å². The van der Waals surface area contributed by atoms with Crippen LogP contribution in [0.15, 0.2) is 48.5 Å². The lowest BCUT2D eigenvalue weighted by Crippen LogP contribution is -2.57. The van der Waals surface area contributed by atoms with E-state index in [4.69, 9.17) is 32.7 Å². The van der Waals surface area contributed by atoms with Crippen molar-refractivity contribution >= 4 is 45.1 Å². The molecule has 212 valence electrons. The van der Waals surface area contributed by atoms with Crippen molar-refractivity contribution in [2.24, 2.45) is 0 Å². The molecule has 8 nitrogen and oxygen atoms in total. The SMILES string of the molecule is CC[C@@H](CS(=O)(=O)N1CCC[C@@H]1C)N1C(=O)[C@H](CC(=O)OC)O[C@H](c2cccc(Cl)c2)C1c1ccc(Cl)cc1. The monoisotopic (exact) mass is 596 g/mol. The van der Waals surface area contributed by atoms with Crippen LogP contribution in [0.1, 0.15) is 62.8 Å². The Bertz CT molecular complexity index is 1290. The molecule has 0 spiro atoms. The molecule has 0 N–H and O–H groups in total. The van der Waals surface area contributed by atoms with Crippen LogP contribution in [0.4, 0.5) is 0 Å². The summed E-state index contributed by atoms with van der Waals surface area (Å²) in [7, 11) is -2.43. The van der Waals surface area contributed by atoms with Crippen molar-refractivity contribution in [3.05, 3.63) is 69.7 Å². The summed E-state index contributed by atoms with van der Waals surface area (Å²) in [4.78, 5) is 28.0. The number of carbonyl (C=O) groups excluding carboxylic acids is 2. The topological polar surface area (TPSA) is 93.2 Å². The number of sulfonamides is 1. The fourth-order valence-corrected chi connectivity index (χ4v) is 7.99. The fraction of sp³-hybridized carbons (Fsp3) is 0.500. The van der Waals surface area contributed by atoms with Crippen molar-refractivity contribution in [3.8, 4) is 0 Å². The maximum absolute atomic E-state index is 14.1. The number of morpholine rings is 1. The second-order valence-corrected chi connectivity index (χ2v) is 12.9. The molecule has 0 saturated carbocycles. The number of nitrogens with zero attached hydrogens (tertiary/aromatic N) is 2. The van der Waals surface area contributed by atoms with E-state index in [1.165, 1.54) is 11.4 Å². The molecule has 0 aliphatic carbocycles. The van der Waals surface area contributed by atoms with Crippen LogP contribution < -0.4 is 0 Å². The predicted octanol–water partition coefficient (Wildman–Crippen LogP) is 5.16. The smallest absolute Gasteiger partial charge is 0.308 e. The van der Waals surface area contributed by atoms with Gasteiger partial charge in [-0.05, 0) is 61.6 Å². The van der Waals surface area contributed by atoms with Gasteiger partial charge in [-0.25, -0.2) is 8.42 Å². The van der Waals surface area contributed by atoms with Crippen molar-refractivity contribution < 1.29 is 27.5 Å². The molecule has 5 atom stereocenters. The highest BCUT2D eigenvalue weighted by molar-refractivity contribution is 7.89. The lowest BCUT2D eigenvalue weighted by Gasteiger charge is -2.48. The maximum atomic E-state index is 14.1. The van der Waals surface area contributed by atoms with E-state index in [0.29, 0.717) is 28.6 Å². The summed E-state index contributed by atoms with van der Waals surface area (Å²) in [5.74, 6) is -1.30. The minimum Gasteiger partial charge on any atom is -0.469 e. The van der Waals surface area contributed by atoms with Gasteiger partial charge in [-0.15, -0.1) is 0 Å². The molecule has 0 aromatic heterocycles. The molecular formula is C28H34Cl2N2O6S. The number of ether oxygens (including phenoxy) is 2. The Morgan fingerprint density at radius 3 is 2.44 bits per heavy atom. The Morgan fingerprint density at radius 2 is 1.85 bits per heavy atom. The first-order chi connectivity index (χ1) is 18.6. The quantitative estimate of drug-likeness (QED) is 0.371. The van der Waals surface area contributed by atoms with E-state index < -0.39 is 46.2 Å². The number of halogens is 2. The lowest BCUT2D eigenvalue weighted by molar-refractivity contribution is -0.183. The molecule has 4 rings (SSSR count). The minimum atomic E-state index is -3.67. The normalized spacial score (nSPS) is 25.1. The predicted molar refractivity (Wildman–Crippen MR) is 150 cm³/mol. The molecule has 2 saturated heterocycles. The van der Waals surface area contributed by atoms with Crippen molar-refractivity contribution in [1.29, 1.82) is 0 Å². The van der Waals surface area contributed by atoms with Crippen molar-refractivity contribution in [1.82, 2.24) is 9.21 Å². The molecule has 2 heterocycles. The minimum absolute atomic E-state index is 0.0914. The lowest BCUT2D eigenvalue weighted by atomic mass is 9.89. The molecule has 39 heavy (non-hydrogen) atoms. The van der Waals surface area contributed by atoms with E-state index in [1.54, 1.807) is 47.4 Å². The van der Waals surface area contributed by atoms with E-state index in [9.17, 15) is 18.0 Å². The van der Waals surface area contributed by atoms with Crippen molar-refractivity contribution in [3.63, 3.8) is 0 Å². The van der Waals surface area contributed by atoms with Gasteiger partial charge in [0.25, 0.3) is 5.91 Å². The third-order valence-electron chi connectivity index (χ3n) is 7.51. The Hall–Kier alpha value is -2.17. The van der Waals surface area contributed by atoms with Gasteiger partial charge >= 0.3 is 5.97 Å². The molecule has 11 heteroatoms. The first kappa shape index (κ1) is 29.8. The second-order valence-electron chi connectivity index (χ2n) is 10.1. The molecule has 2 fully saturated rings. The van der Waals surface area contributed by atoms with Crippen LogP contribution in [-0.4, -0.2) is 67.1 Å². The average molecular weight is 598 g/mol. The van der Waals surface area contributed by atoms with Gasteiger partial charge in [0.05, 0.1) is 25.3 Å². The van der Waals surface area contributed by atoms with Gasteiger partial charge < -0.3 is 14.4 Å². The van der Waals surface area contributed by atoms with Crippen LogP contribution in [0.5, 0.6) is 0 Å². The molecular weight excluding hydrogens is 563 g/mol.